The minimum absolute atomic E-state index is 0.0276. The minimum Gasteiger partial charge on any atom is -0.326 e. The maximum Gasteiger partial charge on any atom is 0.240 e. The topological polar surface area (TPSA) is 72.2 Å². The van der Waals surface area contributed by atoms with Gasteiger partial charge in [-0.05, 0) is 30.5 Å². The number of hydrogen-bond donors (Lipinski definition) is 2. The molecule has 0 heterocycles. The molecule has 0 radical (unpaired) electrons. The fourth-order valence-electron chi connectivity index (χ4n) is 1.47. The maximum atomic E-state index is 13.6. The van der Waals surface area contributed by atoms with Gasteiger partial charge in [0, 0.05) is 18.7 Å². The first kappa shape index (κ1) is 15.1. The Labute approximate surface area is 107 Å². The monoisotopic (exact) mass is 274 g/mol. The van der Waals surface area contributed by atoms with Crippen LogP contribution in [0.15, 0.2) is 17.0 Å². The van der Waals surface area contributed by atoms with Crippen LogP contribution in [0.1, 0.15) is 25.0 Å². The van der Waals surface area contributed by atoms with Crippen molar-refractivity contribution in [3.8, 4) is 0 Å². The number of benzene rings is 1. The van der Waals surface area contributed by atoms with E-state index in [-0.39, 0.29) is 28.5 Å². The summed E-state index contributed by atoms with van der Waals surface area (Å²) in [5.41, 5.74) is 5.89. The molecule has 0 aliphatic heterocycles. The molecule has 1 aromatic carbocycles. The Bertz CT molecular complexity index is 527. The Hall–Kier alpha value is -0.980. The van der Waals surface area contributed by atoms with Gasteiger partial charge in [0.05, 0.1) is 4.90 Å². The van der Waals surface area contributed by atoms with Crippen molar-refractivity contribution < 1.29 is 12.8 Å². The van der Waals surface area contributed by atoms with Gasteiger partial charge in [0.2, 0.25) is 10.0 Å². The van der Waals surface area contributed by atoms with Gasteiger partial charge >= 0.3 is 0 Å². The molecule has 18 heavy (non-hydrogen) atoms. The van der Waals surface area contributed by atoms with Crippen molar-refractivity contribution >= 4 is 10.0 Å². The van der Waals surface area contributed by atoms with Crippen molar-refractivity contribution in [2.24, 2.45) is 11.7 Å². The molecule has 102 valence electrons. The summed E-state index contributed by atoms with van der Waals surface area (Å²) in [4.78, 5) is 0.0579. The highest BCUT2D eigenvalue weighted by atomic mass is 32.2. The fraction of sp³-hybridized carbons (Fsp3) is 0.500. The summed E-state index contributed by atoms with van der Waals surface area (Å²) in [5, 5.41) is 0. The third kappa shape index (κ3) is 3.51. The van der Waals surface area contributed by atoms with Crippen molar-refractivity contribution in [2.75, 3.05) is 6.54 Å². The van der Waals surface area contributed by atoms with Crippen molar-refractivity contribution in [3.63, 3.8) is 0 Å². The summed E-state index contributed by atoms with van der Waals surface area (Å²) in [5.74, 6) is -0.240. The van der Waals surface area contributed by atoms with E-state index in [2.05, 4.69) is 4.72 Å². The largest absolute Gasteiger partial charge is 0.326 e. The predicted molar refractivity (Wildman–Crippen MR) is 69.1 cm³/mol. The summed E-state index contributed by atoms with van der Waals surface area (Å²) in [6.45, 7) is 5.65. The molecule has 0 aromatic heterocycles. The summed E-state index contributed by atoms with van der Waals surface area (Å²) >= 11 is 0. The molecular formula is C12H19FN2O2S. The van der Waals surface area contributed by atoms with Gasteiger partial charge in [0.25, 0.3) is 0 Å². The number of rotatable bonds is 5. The van der Waals surface area contributed by atoms with E-state index in [0.717, 1.165) is 0 Å². The number of hydrogen-bond acceptors (Lipinski definition) is 3. The molecule has 0 unspecified atom stereocenters. The molecule has 4 nitrogen and oxygen atoms in total. The van der Waals surface area contributed by atoms with Crippen LogP contribution in [-0.2, 0) is 16.6 Å². The molecule has 0 saturated heterocycles. The SMILES string of the molecule is Cc1cc(S(=O)(=O)NCC(C)C)cc(CN)c1F. The number of nitrogens with two attached hydrogens (primary N) is 1. The molecule has 0 saturated carbocycles. The number of aryl methyl sites for hydroxylation is 1. The van der Waals surface area contributed by atoms with E-state index in [1.54, 1.807) is 0 Å². The third-order valence-electron chi connectivity index (χ3n) is 2.52. The molecule has 0 aliphatic rings. The molecule has 6 heteroatoms. The van der Waals surface area contributed by atoms with E-state index in [1.807, 2.05) is 13.8 Å². The van der Waals surface area contributed by atoms with Gasteiger partial charge in [-0.15, -0.1) is 0 Å². The number of sulfonamides is 1. The van der Waals surface area contributed by atoms with Crippen molar-refractivity contribution in [3.05, 3.63) is 29.1 Å². The van der Waals surface area contributed by atoms with E-state index in [9.17, 15) is 12.8 Å². The van der Waals surface area contributed by atoms with Crippen molar-refractivity contribution in [1.82, 2.24) is 4.72 Å². The van der Waals surface area contributed by atoms with Crippen LogP contribution < -0.4 is 10.5 Å². The molecule has 0 spiro atoms. The highest BCUT2D eigenvalue weighted by Crippen LogP contribution is 2.19. The van der Waals surface area contributed by atoms with Gasteiger partial charge in [-0.3, -0.25) is 0 Å². The zero-order valence-electron chi connectivity index (χ0n) is 10.8. The van der Waals surface area contributed by atoms with Crippen LogP contribution in [0.3, 0.4) is 0 Å². The lowest BCUT2D eigenvalue weighted by Gasteiger charge is -2.11. The van der Waals surface area contributed by atoms with E-state index in [4.69, 9.17) is 5.73 Å². The van der Waals surface area contributed by atoms with Gasteiger partial charge < -0.3 is 5.73 Å². The van der Waals surface area contributed by atoms with Crippen LogP contribution in [-0.4, -0.2) is 15.0 Å². The van der Waals surface area contributed by atoms with Gasteiger partial charge in [0.15, 0.2) is 0 Å². The molecule has 0 bridgehead atoms. The lowest BCUT2D eigenvalue weighted by molar-refractivity contribution is 0.558. The third-order valence-corrected chi connectivity index (χ3v) is 3.92. The highest BCUT2D eigenvalue weighted by Gasteiger charge is 2.17. The van der Waals surface area contributed by atoms with Crippen molar-refractivity contribution in [1.29, 1.82) is 0 Å². The average molecular weight is 274 g/mol. The van der Waals surface area contributed by atoms with E-state index in [0.29, 0.717) is 6.54 Å². The van der Waals surface area contributed by atoms with Crippen LogP contribution in [0.5, 0.6) is 0 Å². The smallest absolute Gasteiger partial charge is 0.240 e. The molecule has 0 atom stereocenters. The fourth-order valence-corrected chi connectivity index (χ4v) is 2.82. The molecule has 1 aromatic rings. The Morgan fingerprint density at radius 1 is 1.39 bits per heavy atom. The molecule has 0 aliphatic carbocycles. The summed E-state index contributed by atoms with van der Waals surface area (Å²) in [6, 6.07) is 2.60. The van der Waals surface area contributed by atoms with Crippen molar-refractivity contribution in [2.45, 2.75) is 32.2 Å². The summed E-state index contributed by atoms with van der Waals surface area (Å²) in [7, 11) is -3.60. The lowest BCUT2D eigenvalue weighted by Crippen LogP contribution is -2.27. The second-order valence-electron chi connectivity index (χ2n) is 4.66. The highest BCUT2D eigenvalue weighted by molar-refractivity contribution is 7.89. The molecule has 1 rings (SSSR count). The first-order valence-electron chi connectivity index (χ1n) is 5.76. The maximum absolute atomic E-state index is 13.6. The van der Waals surface area contributed by atoms with Crippen LogP contribution in [0, 0.1) is 18.7 Å². The Morgan fingerprint density at radius 2 is 2.00 bits per heavy atom. The predicted octanol–water partition coefficient (Wildman–Crippen LogP) is 1.53. The first-order chi connectivity index (χ1) is 8.27. The Kier molecular flexibility index (Phi) is 4.84. The van der Waals surface area contributed by atoms with Gasteiger partial charge in [-0.1, -0.05) is 13.8 Å². The van der Waals surface area contributed by atoms with E-state index >= 15 is 0 Å². The molecule has 0 amide bonds. The molecule has 3 N–H and O–H groups in total. The van der Waals surface area contributed by atoms with Crippen LogP contribution >= 0.6 is 0 Å². The van der Waals surface area contributed by atoms with Crippen LogP contribution in [0.4, 0.5) is 4.39 Å². The minimum atomic E-state index is -3.60. The number of halogens is 1. The normalized spacial score (nSPS) is 12.1. The Morgan fingerprint density at radius 3 is 2.50 bits per heavy atom. The summed E-state index contributed by atoms with van der Waals surface area (Å²) < 4.78 is 40.1. The van der Waals surface area contributed by atoms with E-state index < -0.39 is 15.8 Å². The second-order valence-corrected chi connectivity index (χ2v) is 6.43. The summed E-state index contributed by atoms with van der Waals surface area (Å²) in [6.07, 6.45) is 0. The quantitative estimate of drug-likeness (QED) is 0.855. The van der Waals surface area contributed by atoms with Gasteiger partial charge in [-0.25, -0.2) is 17.5 Å². The van der Waals surface area contributed by atoms with Gasteiger partial charge in [0.1, 0.15) is 5.82 Å². The first-order valence-corrected chi connectivity index (χ1v) is 7.25. The Balaban J connectivity index is 3.13. The molecular weight excluding hydrogens is 255 g/mol. The standard InChI is InChI=1S/C12H19FN2O2S/c1-8(2)7-15-18(16,17)11-4-9(3)12(13)10(5-11)6-14/h4-5,8,15H,6-7,14H2,1-3H3. The lowest BCUT2D eigenvalue weighted by atomic mass is 10.1. The molecule has 0 fully saturated rings. The average Bonchev–Trinajstić information content (AvgIpc) is 2.30. The number of nitrogens with one attached hydrogen (secondary N) is 1. The second kappa shape index (κ2) is 5.77. The van der Waals surface area contributed by atoms with Gasteiger partial charge in [-0.2, -0.15) is 0 Å². The van der Waals surface area contributed by atoms with Crippen LogP contribution in [0.25, 0.3) is 0 Å². The zero-order chi connectivity index (χ0) is 13.9. The van der Waals surface area contributed by atoms with E-state index in [1.165, 1.54) is 19.1 Å². The zero-order valence-corrected chi connectivity index (χ0v) is 11.6. The van der Waals surface area contributed by atoms with Crippen LogP contribution in [0.2, 0.25) is 0 Å².